The molecule has 0 fully saturated rings. The standard InChI is InChI=1S/C10H9NO3/c1-2-6-3-8(10(13)14)9(12)4-7(6)5-11/h3-4,12H,2H2,1H3,(H,13,14). The highest BCUT2D eigenvalue weighted by atomic mass is 16.4. The van der Waals surface area contributed by atoms with Gasteiger partial charge >= 0.3 is 5.97 Å². The molecule has 0 aromatic heterocycles. The van der Waals surface area contributed by atoms with Crippen molar-refractivity contribution in [3.8, 4) is 11.8 Å². The molecule has 0 amide bonds. The van der Waals surface area contributed by atoms with E-state index in [4.69, 9.17) is 10.4 Å². The molecule has 4 heteroatoms. The summed E-state index contributed by atoms with van der Waals surface area (Å²) in [6.07, 6.45) is 0.559. The summed E-state index contributed by atoms with van der Waals surface area (Å²) in [5.74, 6) is -1.56. The van der Waals surface area contributed by atoms with Crippen LogP contribution in [-0.2, 0) is 6.42 Å². The quantitative estimate of drug-likeness (QED) is 0.742. The second kappa shape index (κ2) is 3.79. The van der Waals surface area contributed by atoms with Crippen molar-refractivity contribution in [2.24, 2.45) is 0 Å². The molecule has 0 saturated heterocycles. The molecule has 0 bridgehead atoms. The summed E-state index contributed by atoms with van der Waals surface area (Å²) >= 11 is 0. The normalized spacial score (nSPS) is 9.43. The minimum atomic E-state index is -1.19. The lowest BCUT2D eigenvalue weighted by Gasteiger charge is -2.04. The SMILES string of the molecule is CCc1cc(C(=O)O)c(O)cc1C#N. The highest BCUT2D eigenvalue weighted by Crippen LogP contribution is 2.22. The molecule has 0 radical (unpaired) electrons. The fraction of sp³-hybridized carbons (Fsp3) is 0.200. The smallest absolute Gasteiger partial charge is 0.339 e. The predicted octanol–water partition coefficient (Wildman–Crippen LogP) is 1.52. The van der Waals surface area contributed by atoms with Crippen molar-refractivity contribution in [2.45, 2.75) is 13.3 Å². The highest BCUT2D eigenvalue weighted by Gasteiger charge is 2.13. The molecule has 0 unspecified atom stereocenters. The van der Waals surface area contributed by atoms with Gasteiger partial charge in [0.2, 0.25) is 0 Å². The van der Waals surface area contributed by atoms with Crippen LogP contribution >= 0.6 is 0 Å². The number of hydrogen-bond donors (Lipinski definition) is 2. The lowest BCUT2D eigenvalue weighted by atomic mass is 10.0. The Hall–Kier alpha value is -2.02. The Labute approximate surface area is 81.0 Å². The third kappa shape index (κ3) is 1.67. The minimum absolute atomic E-state index is 0.166. The van der Waals surface area contributed by atoms with Crippen molar-refractivity contribution in [2.75, 3.05) is 0 Å². The van der Waals surface area contributed by atoms with Gasteiger partial charge in [-0.15, -0.1) is 0 Å². The molecule has 1 aromatic rings. The first-order valence-electron chi connectivity index (χ1n) is 4.09. The molecular weight excluding hydrogens is 182 g/mol. The minimum Gasteiger partial charge on any atom is -0.507 e. The van der Waals surface area contributed by atoms with Gasteiger partial charge in [-0.2, -0.15) is 5.26 Å². The number of rotatable bonds is 2. The lowest BCUT2D eigenvalue weighted by Crippen LogP contribution is -2.00. The molecule has 0 aliphatic heterocycles. The van der Waals surface area contributed by atoms with E-state index in [1.807, 2.05) is 13.0 Å². The second-order valence-corrected chi connectivity index (χ2v) is 2.80. The fourth-order valence-corrected chi connectivity index (χ4v) is 1.20. The number of nitrogens with zero attached hydrogens (tertiary/aromatic N) is 1. The number of hydrogen-bond acceptors (Lipinski definition) is 3. The highest BCUT2D eigenvalue weighted by molar-refractivity contribution is 5.91. The Morgan fingerprint density at radius 3 is 2.64 bits per heavy atom. The van der Waals surface area contributed by atoms with Crippen molar-refractivity contribution in [3.05, 3.63) is 28.8 Å². The summed E-state index contributed by atoms with van der Waals surface area (Å²) in [4.78, 5) is 10.6. The van der Waals surface area contributed by atoms with Crippen LogP contribution in [0.3, 0.4) is 0 Å². The Morgan fingerprint density at radius 1 is 1.57 bits per heavy atom. The first-order chi connectivity index (χ1) is 6.60. The zero-order chi connectivity index (χ0) is 10.7. The molecule has 72 valence electrons. The maximum Gasteiger partial charge on any atom is 0.339 e. The number of carboxylic acids is 1. The maximum atomic E-state index is 10.6. The van der Waals surface area contributed by atoms with Gasteiger partial charge in [-0.05, 0) is 24.1 Å². The Morgan fingerprint density at radius 2 is 2.21 bits per heavy atom. The van der Waals surface area contributed by atoms with Gasteiger partial charge in [0.15, 0.2) is 0 Å². The van der Waals surface area contributed by atoms with E-state index in [1.165, 1.54) is 12.1 Å². The lowest BCUT2D eigenvalue weighted by molar-refractivity contribution is 0.0693. The zero-order valence-corrected chi connectivity index (χ0v) is 7.61. The van der Waals surface area contributed by atoms with Crippen LogP contribution in [0, 0.1) is 11.3 Å². The predicted molar refractivity (Wildman–Crippen MR) is 49.2 cm³/mol. The molecule has 2 N–H and O–H groups in total. The molecule has 1 rings (SSSR count). The number of aryl methyl sites for hydroxylation is 1. The maximum absolute atomic E-state index is 10.6. The van der Waals surface area contributed by atoms with Crippen LogP contribution in [0.4, 0.5) is 0 Å². The number of nitriles is 1. The van der Waals surface area contributed by atoms with Gasteiger partial charge in [-0.1, -0.05) is 6.92 Å². The van der Waals surface area contributed by atoms with Crippen molar-refractivity contribution in [3.63, 3.8) is 0 Å². The number of phenols is 1. The Bertz CT molecular complexity index is 418. The molecule has 0 aliphatic carbocycles. The number of carboxylic acid groups (broad SMARTS) is 1. The van der Waals surface area contributed by atoms with Gasteiger partial charge in [0, 0.05) is 0 Å². The van der Waals surface area contributed by atoms with E-state index in [0.717, 1.165) is 0 Å². The van der Waals surface area contributed by atoms with E-state index < -0.39 is 5.97 Å². The van der Waals surface area contributed by atoms with Crippen LogP contribution < -0.4 is 0 Å². The van der Waals surface area contributed by atoms with Crippen LogP contribution in [0.5, 0.6) is 5.75 Å². The van der Waals surface area contributed by atoms with E-state index >= 15 is 0 Å². The van der Waals surface area contributed by atoms with Crippen molar-refractivity contribution in [1.29, 1.82) is 5.26 Å². The van der Waals surface area contributed by atoms with Crippen molar-refractivity contribution < 1.29 is 15.0 Å². The summed E-state index contributed by atoms with van der Waals surface area (Å²) in [7, 11) is 0. The van der Waals surface area contributed by atoms with E-state index in [9.17, 15) is 9.90 Å². The van der Waals surface area contributed by atoms with Crippen LogP contribution in [0.2, 0.25) is 0 Å². The molecule has 0 heterocycles. The Kier molecular flexibility index (Phi) is 2.73. The van der Waals surface area contributed by atoms with Gasteiger partial charge in [0.25, 0.3) is 0 Å². The van der Waals surface area contributed by atoms with Gasteiger partial charge in [-0.3, -0.25) is 0 Å². The van der Waals surface area contributed by atoms with Crippen LogP contribution in [0.1, 0.15) is 28.4 Å². The van der Waals surface area contributed by atoms with Crippen LogP contribution in [-0.4, -0.2) is 16.2 Å². The summed E-state index contributed by atoms with van der Waals surface area (Å²) in [5, 5.41) is 26.7. The average molecular weight is 191 g/mol. The Balaban J connectivity index is 3.39. The van der Waals surface area contributed by atoms with Crippen molar-refractivity contribution >= 4 is 5.97 Å². The first-order valence-corrected chi connectivity index (χ1v) is 4.09. The monoisotopic (exact) mass is 191 g/mol. The molecule has 4 nitrogen and oxygen atoms in total. The fourth-order valence-electron chi connectivity index (χ4n) is 1.20. The van der Waals surface area contributed by atoms with E-state index in [1.54, 1.807) is 0 Å². The number of carbonyl (C=O) groups is 1. The molecule has 0 saturated carbocycles. The van der Waals surface area contributed by atoms with E-state index in [2.05, 4.69) is 0 Å². The largest absolute Gasteiger partial charge is 0.507 e. The van der Waals surface area contributed by atoms with E-state index in [0.29, 0.717) is 17.5 Å². The third-order valence-electron chi connectivity index (χ3n) is 1.95. The summed E-state index contributed by atoms with van der Waals surface area (Å²) in [6, 6.07) is 4.41. The van der Waals surface area contributed by atoms with Crippen LogP contribution in [0.15, 0.2) is 12.1 Å². The molecule has 0 aliphatic rings. The molecule has 1 aromatic carbocycles. The number of aromatic hydroxyl groups is 1. The summed E-state index contributed by atoms with van der Waals surface area (Å²) in [6.45, 7) is 1.82. The second-order valence-electron chi connectivity index (χ2n) is 2.80. The van der Waals surface area contributed by atoms with Gasteiger partial charge in [-0.25, -0.2) is 4.79 Å². The number of aromatic carboxylic acids is 1. The summed E-state index contributed by atoms with van der Waals surface area (Å²) < 4.78 is 0. The third-order valence-corrected chi connectivity index (χ3v) is 1.95. The van der Waals surface area contributed by atoms with Crippen molar-refractivity contribution in [1.82, 2.24) is 0 Å². The molecular formula is C10H9NO3. The average Bonchev–Trinajstić information content (AvgIpc) is 2.16. The van der Waals surface area contributed by atoms with Gasteiger partial charge in [0.1, 0.15) is 11.3 Å². The number of benzene rings is 1. The molecule has 0 spiro atoms. The van der Waals surface area contributed by atoms with Gasteiger partial charge in [0.05, 0.1) is 11.6 Å². The zero-order valence-electron chi connectivity index (χ0n) is 7.61. The van der Waals surface area contributed by atoms with Gasteiger partial charge < -0.3 is 10.2 Å². The first kappa shape index (κ1) is 10.1. The summed E-state index contributed by atoms with van der Waals surface area (Å²) in [5.41, 5.74) is 0.776. The molecule has 0 atom stereocenters. The van der Waals surface area contributed by atoms with Crippen LogP contribution in [0.25, 0.3) is 0 Å². The molecule has 14 heavy (non-hydrogen) atoms. The topological polar surface area (TPSA) is 81.3 Å². The van der Waals surface area contributed by atoms with E-state index in [-0.39, 0.29) is 11.3 Å².